The van der Waals surface area contributed by atoms with Crippen LogP contribution < -0.4 is 5.11 Å². The van der Waals surface area contributed by atoms with E-state index in [9.17, 15) is 29.6 Å². The summed E-state index contributed by atoms with van der Waals surface area (Å²) in [5, 5.41) is 22.7. The Labute approximate surface area is 141 Å². The first-order valence-corrected chi connectivity index (χ1v) is 7.32. The van der Waals surface area contributed by atoms with Gasteiger partial charge in [0.15, 0.2) is 0 Å². The van der Waals surface area contributed by atoms with Crippen LogP contribution in [0.4, 0.5) is 5.69 Å². The molecule has 0 aliphatic carbocycles. The summed E-state index contributed by atoms with van der Waals surface area (Å²) in [4.78, 5) is 47.5. The lowest BCUT2D eigenvalue weighted by Crippen LogP contribution is -2.51. The summed E-state index contributed by atoms with van der Waals surface area (Å²) in [6, 6.07) is 10.5. The van der Waals surface area contributed by atoms with Crippen LogP contribution in [0, 0.1) is 10.1 Å². The first-order chi connectivity index (χ1) is 11.9. The molecule has 1 aliphatic heterocycles. The third-order valence-electron chi connectivity index (χ3n) is 3.98. The van der Waals surface area contributed by atoms with Crippen LogP contribution in [0.3, 0.4) is 0 Å². The average molecular weight is 339 g/mol. The number of fused-ring (bicyclic) bond motifs is 1. The van der Waals surface area contributed by atoms with Crippen LogP contribution in [0.2, 0.25) is 0 Å². The lowest BCUT2D eigenvalue weighted by atomic mass is 10.0. The maximum Gasteiger partial charge on any atom is 0.282 e. The van der Waals surface area contributed by atoms with Gasteiger partial charge in [-0.1, -0.05) is 36.4 Å². The van der Waals surface area contributed by atoms with Crippen molar-refractivity contribution >= 4 is 23.5 Å². The number of benzene rings is 2. The number of hydrogen-bond donors (Lipinski definition) is 0. The standard InChI is InChI=1S/C17H12N2O6/c20-15-11-7-4-8-12(19(24)25)14(11)16(21)18(15)13(17(22)23)9-10-5-2-1-3-6-10/h1-8,13H,9H2,(H,22,23)/p-1/t13-/m1/s1. The molecule has 0 saturated heterocycles. The maximum atomic E-state index is 12.6. The number of rotatable bonds is 5. The van der Waals surface area contributed by atoms with E-state index in [0.29, 0.717) is 10.5 Å². The van der Waals surface area contributed by atoms with Crippen molar-refractivity contribution in [1.29, 1.82) is 0 Å². The van der Waals surface area contributed by atoms with Crippen molar-refractivity contribution in [1.82, 2.24) is 4.90 Å². The van der Waals surface area contributed by atoms with Crippen LogP contribution in [0.1, 0.15) is 26.3 Å². The van der Waals surface area contributed by atoms with E-state index in [1.165, 1.54) is 12.1 Å². The maximum absolute atomic E-state index is 12.6. The van der Waals surface area contributed by atoms with Gasteiger partial charge in [0.2, 0.25) is 0 Å². The summed E-state index contributed by atoms with van der Waals surface area (Å²) < 4.78 is 0. The average Bonchev–Trinajstić information content (AvgIpc) is 2.85. The molecule has 0 radical (unpaired) electrons. The van der Waals surface area contributed by atoms with Crippen molar-refractivity contribution in [3.8, 4) is 0 Å². The molecule has 25 heavy (non-hydrogen) atoms. The van der Waals surface area contributed by atoms with E-state index in [0.717, 1.165) is 6.07 Å². The smallest absolute Gasteiger partial charge is 0.282 e. The van der Waals surface area contributed by atoms with E-state index in [-0.39, 0.29) is 12.0 Å². The molecule has 0 spiro atoms. The summed E-state index contributed by atoms with van der Waals surface area (Å²) in [6.07, 6.45) is -0.150. The molecule has 2 aromatic rings. The number of nitrogens with zero attached hydrogens (tertiary/aromatic N) is 2. The fourth-order valence-corrected chi connectivity index (χ4v) is 2.84. The van der Waals surface area contributed by atoms with Gasteiger partial charge in [0, 0.05) is 6.07 Å². The highest BCUT2D eigenvalue weighted by molar-refractivity contribution is 6.24. The Morgan fingerprint density at radius 3 is 2.32 bits per heavy atom. The Bertz CT molecular complexity index is 893. The molecule has 2 aromatic carbocycles. The van der Waals surface area contributed by atoms with Gasteiger partial charge in [-0.05, 0) is 18.1 Å². The molecule has 1 heterocycles. The van der Waals surface area contributed by atoms with Crippen LogP contribution in [0.15, 0.2) is 48.5 Å². The Morgan fingerprint density at radius 1 is 1.04 bits per heavy atom. The Morgan fingerprint density at radius 2 is 1.72 bits per heavy atom. The monoisotopic (exact) mass is 339 g/mol. The molecule has 0 N–H and O–H groups in total. The molecule has 0 fully saturated rings. The number of imide groups is 1. The van der Waals surface area contributed by atoms with Crippen molar-refractivity contribution in [2.75, 3.05) is 0 Å². The zero-order valence-corrected chi connectivity index (χ0v) is 12.7. The highest BCUT2D eigenvalue weighted by atomic mass is 16.6. The first-order valence-electron chi connectivity index (χ1n) is 7.32. The summed E-state index contributed by atoms with van der Waals surface area (Å²) in [5.74, 6) is -3.49. The van der Waals surface area contributed by atoms with Crippen molar-refractivity contribution in [3.05, 3.63) is 75.3 Å². The molecule has 0 unspecified atom stereocenters. The Balaban J connectivity index is 2.03. The summed E-state index contributed by atoms with van der Waals surface area (Å²) >= 11 is 0. The number of aliphatic carboxylic acids is 1. The van der Waals surface area contributed by atoms with Crippen LogP contribution >= 0.6 is 0 Å². The molecule has 1 aliphatic rings. The molecule has 1 atom stereocenters. The third-order valence-corrected chi connectivity index (χ3v) is 3.98. The fraction of sp³-hybridized carbons (Fsp3) is 0.118. The second-order valence-corrected chi connectivity index (χ2v) is 5.46. The highest BCUT2D eigenvalue weighted by Crippen LogP contribution is 2.32. The van der Waals surface area contributed by atoms with E-state index in [4.69, 9.17) is 0 Å². The number of carboxylic acid groups (broad SMARTS) is 1. The SMILES string of the molecule is O=C([O-])[C@@H](Cc1ccccc1)N1C(=O)c2cccc([N+](=O)[O-])c2C1=O. The lowest BCUT2D eigenvalue weighted by molar-refractivity contribution is -0.385. The van der Waals surface area contributed by atoms with Gasteiger partial charge in [-0.2, -0.15) is 0 Å². The van der Waals surface area contributed by atoms with Crippen molar-refractivity contribution < 1.29 is 24.4 Å². The fourth-order valence-electron chi connectivity index (χ4n) is 2.84. The van der Waals surface area contributed by atoms with Crippen LogP contribution in [0.5, 0.6) is 0 Å². The normalized spacial score (nSPS) is 14.3. The Kier molecular flexibility index (Phi) is 4.02. The number of nitro benzene ring substituents is 1. The summed E-state index contributed by atoms with van der Waals surface area (Å²) in [5.41, 5.74) is -0.520. The second-order valence-electron chi connectivity index (χ2n) is 5.46. The van der Waals surface area contributed by atoms with Crippen LogP contribution in [-0.2, 0) is 11.2 Å². The molecular formula is C17H11N2O6-. The van der Waals surface area contributed by atoms with Crippen molar-refractivity contribution in [3.63, 3.8) is 0 Å². The number of nitro groups is 1. The molecule has 0 aromatic heterocycles. The zero-order chi connectivity index (χ0) is 18.1. The number of carbonyl (C=O) groups excluding carboxylic acids is 3. The van der Waals surface area contributed by atoms with Gasteiger partial charge >= 0.3 is 0 Å². The minimum atomic E-state index is -1.61. The van der Waals surface area contributed by atoms with Gasteiger partial charge in [0.1, 0.15) is 5.56 Å². The topological polar surface area (TPSA) is 121 Å². The van der Waals surface area contributed by atoms with Gasteiger partial charge in [-0.3, -0.25) is 24.6 Å². The largest absolute Gasteiger partial charge is 0.548 e. The number of carbonyl (C=O) groups is 3. The quantitative estimate of drug-likeness (QED) is 0.445. The second kappa shape index (κ2) is 6.16. The van der Waals surface area contributed by atoms with Gasteiger partial charge in [0.05, 0.1) is 22.5 Å². The molecule has 2 amide bonds. The highest BCUT2D eigenvalue weighted by Gasteiger charge is 2.44. The number of hydrogen-bond acceptors (Lipinski definition) is 6. The summed E-state index contributed by atoms with van der Waals surface area (Å²) in [7, 11) is 0. The Hall–Kier alpha value is -3.55. The predicted molar refractivity (Wildman–Crippen MR) is 82.5 cm³/mol. The first kappa shape index (κ1) is 16.3. The van der Waals surface area contributed by atoms with Crippen molar-refractivity contribution in [2.24, 2.45) is 0 Å². The van der Waals surface area contributed by atoms with E-state index < -0.39 is 40.0 Å². The van der Waals surface area contributed by atoms with Gasteiger partial charge in [0.25, 0.3) is 17.5 Å². The molecule has 126 valence electrons. The van der Waals surface area contributed by atoms with E-state index >= 15 is 0 Å². The van der Waals surface area contributed by atoms with Gasteiger partial charge < -0.3 is 9.90 Å². The van der Waals surface area contributed by atoms with Gasteiger partial charge in [-0.25, -0.2) is 0 Å². The minimum absolute atomic E-state index is 0.150. The van der Waals surface area contributed by atoms with Crippen molar-refractivity contribution in [2.45, 2.75) is 12.5 Å². The van der Waals surface area contributed by atoms with Gasteiger partial charge in [-0.15, -0.1) is 0 Å². The van der Waals surface area contributed by atoms with E-state index in [1.807, 2.05) is 0 Å². The molecule has 8 nitrogen and oxygen atoms in total. The predicted octanol–water partition coefficient (Wildman–Crippen LogP) is 0.552. The lowest BCUT2D eigenvalue weighted by Gasteiger charge is -2.27. The van der Waals surface area contributed by atoms with E-state index in [1.54, 1.807) is 30.3 Å². The molecule has 0 bridgehead atoms. The van der Waals surface area contributed by atoms with Crippen LogP contribution in [0.25, 0.3) is 0 Å². The summed E-state index contributed by atoms with van der Waals surface area (Å²) in [6.45, 7) is 0. The third kappa shape index (κ3) is 2.74. The van der Waals surface area contributed by atoms with Crippen LogP contribution in [-0.4, -0.2) is 33.6 Å². The minimum Gasteiger partial charge on any atom is -0.548 e. The zero-order valence-electron chi connectivity index (χ0n) is 12.7. The molecular weight excluding hydrogens is 328 g/mol. The molecule has 0 saturated carbocycles. The number of amides is 2. The van der Waals surface area contributed by atoms with E-state index in [2.05, 4.69) is 0 Å². The molecule has 3 rings (SSSR count). The molecule has 8 heteroatoms. The number of carboxylic acids is 1.